The summed E-state index contributed by atoms with van der Waals surface area (Å²) >= 11 is 1.35. The van der Waals surface area contributed by atoms with Crippen molar-refractivity contribution in [3.05, 3.63) is 17.2 Å². The van der Waals surface area contributed by atoms with Gasteiger partial charge in [0.1, 0.15) is 11.6 Å². The number of anilines is 1. The van der Waals surface area contributed by atoms with Gasteiger partial charge in [0.15, 0.2) is 0 Å². The standard InChI is InChI=1S/C17H22N4O3S/c1-3-10(4-2)14-19-20-17(25-14)18-13(22)9-21-15(23)11-7-5-6-8-12(11)16(21)24/h5-6,10-12H,3-4,7-9H2,1-2H3,(H,18,20,22). The molecule has 1 fully saturated rings. The molecular weight excluding hydrogens is 340 g/mol. The first kappa shape index (κ1) is 17.7. The van der Waals surface area contributed by atoms with Crippen LogP contribution in [0.25, 0.3) is 0 Å². The van der Waals surface area contributed by atoms with E-state index in [4.69, 9.17) is 0 Å². The highest BCUT2D eigenvalue weighted by atomic mass is 32.1. The van der Waals surface area contributed by atoms with Crippen LogP contribution in [0.3, 0.4) is 0 Å². The Morgan fingerprint density at radius 3 is 2.36 bits per heavy atom. The van der Waals surface area contributed by atoms with Crippen molar-refractivity contribution in [1.82, 2.24) is 15.1 Å². The summed E-state index contributed by atoms with van der Waals surface area (Å²) in [4.78, 5) is 38.1. The number of hydrogen-bond donors (Lipinski definition) is 1. The summed E-state index contributed by atoms with van der Waals surface area (Å²) in [6, 6.07) is 0. The van der Waals surface area contributed by atoms with Gasteiger partial charge in [-0.2, -0.15) is 0 Å². The second kappa shape index (κ2) is 7.43. The highest BCUT2D eigenvalue weighted by molar-refractivity contribution is 7.15. The van der Waals surface area contributed by atoms with E-state index in [9.17, 15) is 14.4 Å². The second-order valence-electron chi connectivity index (χ2n) is 6.43. The summed E-state index contributed by atoms with van der Waals surface area (Å²) in [6.45, 7) is 3.92. The van der Waals surface area contributed by atoms with Gasteiger partial charge in [-0.1, -0.05) is 37.3 Å². The third-order valence-electron chi connectivity index (χ3n) is 4.92. The average Bonchev–Trinajstić information content (AvgIpc) is 3.16. The molecule has 0 radical (unpaired) electrons. The number of aromatic nitrogens is 2. The van der Waals surface area contributed by atoms with E-state index >= 15 is 0 Å². The van der Waals surface area contributed by atoms with Gasteiger partial charge in [-0.3, -0.25) is 24.6 Å². The van der Waals surface area contributed by atoms with Crippen LogP contribution in [0.1, 0.15) is 50.5 Å². The molecule has 2 unspecified atom stereocenters. The molecule has 1 aliphatic carbocycles. The van der Waals surface area contributed by atoms with E-state index in [1.807, 2.05) is 12.2 Å². The third-order valence-corrected chi connectivity index (χ3v) is 5.92. The van der Waals surface area contributed by atoms with Gasteiger partial charge in [0.25, 0.3) is 0 Å². The fraction of sp³-hybridized carbons (Fsp3) is 0.588. The van der Waals surface area contributed by atoms with Crippen molar-refractivity contribution in [1.29, 1.82) is 0 Å². The number of hydrogen-bond acceptors (Lipinski definition) is 6. The molecule has 0 spiro atoms. The molecule has 8 heteroatoms. The Morgan fingerprint density at radius 1 is 1.20 bits per heavy atom. The molecule has 7 nitrogen and oxygen atoms in total. The molecule has 3 amide bonds. The maximum atomic E-state index is 12.4. The van der Waals surface area contributed by atoms with E-state index in [0.29, 0.717) is 23.9 Å². The zero-order chi connectivity index (χ0) is 18.0. The lowest BCUT2D eigenvalue weighted by molar-refractivity contribution is -0.142. The summed E-state index contributed by atoms with van der Waals surface area (Å²) in [5.74, 6) is -1.20. The summed E-state index contributed by atoms with van der Waals surface area (Å²) in [5, 5.41) is 12.1. The van der Waals surface area contributed by atoms with Gasteiger partial charge >= 0.3 is 0 Å². The van der Waals surface area contributed by atoms with Gasteiger partial charge in [-0.15, -0.1) is 10.2 Å². The summed E-state index contributed by atoms with van der Waals surface area (Å²) < 4.78 is 0. The minimum absolute atomic E-state index is 0.246. The number of rotatable bonds is 6. The molecule has 0 aromatic carbocycles. The number of allylic oxidation sites excluding steroid dienone is 2. The Balaban J connectivity index is 1.61. The minimum Gasteiger partial charge on any atom is -0.299 e. The van der Waals surface area contributed by atoms with E-state index in [2.05, 4.69) is 29.4 Å². The van der Waals surface area contributed by atoms with Crippen molar-refractivity contribution in [2.45, 2.75) is 45.4 Å². The molecule has 1 aromatic heterocycles. The molecule has 1 aromatic rings. The fourth-order valence-corrected chi connectivity index (χ4v) is 4.44. The molecule has 2 heterocycles. The molecule has 0 saturated carbocycles. The van der Waals surface area contributed by atoms with Gasteiger partial charge in [0.2, 0.25) is 22.9 Å². The average molecular weight is 362 g/mol. The maximum Gasteiger partial charge on any atom is 0.246 e. The first-order valence-corrected chi connectivity index (χ1v) is 9.50. The van der Waals surface area contributed by atoms with Crippen molar-refractivity contribution >= 4 is 34.2 Å². The van der Waals surface area contributed by atoms with Crippen molar-refractivity contribution in [3.8, 4) is 0 Å². The van der Waals surface area contributed by atoms with Crippen molar-refractivity contribution in [2.75, 3.05) is 11.9 Å². The van der Waals surface area contributed by atoms with Crippen LogP contribution in [0.4, 0.5) is 5.13 Å². The summed E-state index contributed by atoms with van der Waals surface area (Å²) in [7, 11) is 0. The quantitative estimate of drug-likeness (QED) is 0.619. The zero-order valence-corrected chi connectivity index (χ0v) is 15.2. The lowest BCUT2D eigenvalue weighted by Gasteiger charge is -2.14. The first-order valence-electron chi connectivity index (χ1n) is 8.68. The molecule has 1 saturated heterocycles. The molecule has 25 heavy (non-hydrogen) atoms. The minimum atomic E-state index is -0.416. The maximum absolute atomic E-state index is 12.4. The number of nitrogens with one attached hydrogen (secondary N) is 1. The lowest BCUT2D eigenvalue weighted by atomic mass is 9.85. The first-order chi connectivity index (χ1) is 12.0. The van der Waals surface area contributed by atoms with Gasteiger partial charge in [-0.25, -0.2) is 0 Å². The predicted molar refractivity (Wildman–Crippen MR) is 93.9 cm³/mol. The Hall–Kier alpha value is -2.09. The number of nitrogens with zero attached hydrogens (tertiary/aromatic N) is 3. The molecule has 134 valence electrons. The largest absolute Gasteiger partial charge is 0.299 e. The normalized spacial score (nSPS) is 22.6. The van der Waals surface area contributed by atoms with Gasteiger partial charge in [0, 0.05) is 5.92 Å². The number of carbonyl (C=O) groups excluding carboxylic acids is 3. The zero-order valence-electron chi connectivity index (χ0n) is 14.4. The van der Waals surface area contributed by atoms with Crippen LogP contribution in [0.2, 0.25) is 0 Å². The van der Waals surface area contributed by atoms with E-state index < -0.39 is 5.91 Å². The van der Waals surface area contributed by atoms with E-state index in [1.54, 1.807) is 0 Å². The molecule has 1 N–H and O–H groups in total. The van der Waals surface area contributed by atoms with Crippen LogP contribution in [0.15, 0.2) is 12.2 Å². The molecule has 3 rings (SSSR count). The smallest absolute Gasteiger partial charge is 0.246 e. The van der Waals surface area contributed by atoms with E-state index in [1.165, 1.54) is 11.3 Å². The van der Waals surface area contributed by atoms with Crippen molar-refractivity contribution in [2.24, 2.45) is 11.8 Å². The Labute approximate surface area is 150 Å². The molecular formula is C17H22N4O3S. The van der Waals surface area contributed by atoms with Crippen molar-refractivity contribution in [3.63, 3.8) is 0 Å². The van der Waals surface area contributed by atoms with Crippen LogP contribution in [-0.2, 0) is 14.4 Å². The van der Waals surface area contributed by atoms with Crippen LogP contribution in [0.5, 0.6) is 0 Å². The van der Waals surface area contributed by atoms with Crippen LogP contribution in [-0.4, -0.2) is 39.4 Å². The highest BCUT2D eigenvalue weighted by Gasteiger charge is 2.47. The van der Waals surface area contributed by atoms with E-state index in [0.717, 1.165) is 22.7 Å². The van der Waals surface area contributed by atoms with Crippen LogP contribution < -0.4 is 5.32 Å². The highest BCUT2D eigenvalue weighted by Crippen LogP contribution is 2.35. The van der Waals surface area contributed by atoms with Gasteiger partial charge in [-0.05, 0) is 25.7 Å². The van der Waals surface area contributed by atoms with Crippen molar-refractivity contribution < 1.29 is 14.4 Å². The molecule has 2 aliphatic rings. The number of carbonyl (C=O) groups is 3. The SMILES string of the molecule is CCC(CC)c1nnc(NC(=O)CN2C(=O)C3CC=CCC3C2=O)s1. The van der Waals surface area contributed by atoms with E-state index in [-0.39, 0.29) is 30.2 Å². The number of fused-ring (bicyclic) bond motifs is 1. The van der Waals surface area contributed by atoms with Gasteiger partial charge in [0.05, 0.1) is 11.8 Å². The summed E-state index contributed by atoms with van der Waals surface area (Å²) in [6.07, 6.45) is 6.93. The predicted octanol–water partition coefficient (Wildman–Crippen LogP) is 2.33. The van der Waals surface area contributed by atoms with Gasteiger partial charge < -0.3 is 0 Å². The summed E-state index contributed by atoms with van der Waals surface area (Å²) in [5.41, 5.74) is 0. The lowest BCUT2D eigenvalue weighted by Crippen LogP contribution is -2.38. The van der Waals surface area contributed by atoms with Crippen LogP contribution >= 0.6 is 11.3 Å². The molecule has 1 aliphatic heterocycles. The van der Waals surface area contributed by atoms with Crippen LogP contribution in [0, 0.1) is 11.8 Å². The second-order valence-corrected chi connectivity index (χ2v) is 7.43. The Bertz CT molecular complexity index is 685. The fourth-order valence-electron chi connectivity index (χ4n) is 3.42. The topological polar surface area (TPSA) is 92.3 Å². The third kappa shape index (κ3) is 3.49. The monoisotopic (exact) mass is 362 g/mol. The number of likely N-dealkylation sites (tertiary alicyclic amines) is 1. The molecule has 0 bridgehead atoms. The Kier molecular flexibility index (Phi) is 5.27. The molecule has 2 atom stereocenters. The number of amides is 3. The number of imide groups is 1. The Morgan fingerprint density at radius 2 is 1.80 bits per heavy atom.